The molecule has 4 rings (SSSR count). The first-order chi connectivity index (χ1) is 15.5. The predicted molar refractivity (Wildman–Crippen MR) is 117 cm³/mol. The van der Waals surface area contributed by atoms with Gasteiger partial charge in [0.2, 0.25) is 10.0 Å². The maximum absolute atomic E-state index is 13.2. The third-order valence-electron chi connectivity index (χ3n) is 5.47. The number of hydrogen-bond acceptors (Lipinski definition) is 6. The minimum atomic E-state index is -3.91. The Balaban J connectivity index is 1.50. The molecule has 2 heterocycles. The molecule has 1 saturated heterocycles. The fraction of sp³-hybridized carbons (Fsp3) is 0.273. The van der Waals surface area contributed by atoms with Crippen molar-refractivity contribution in [1.29, 1.82) is 0 Å². The van der Waals surface area contributed by atoms with E-state index in [9.17, 15) is 13.2 Å². The van der Waals surface area contributed by atoms with Crippen molar-refractivity contribution in [1.82, 2.24) is 20.0 Å². The highest BCUT2D eigenvalue weighted by Crippen LogP contribution is 2.29. The number of nitrogens with zero attached hydrogens (tertiary/aromatic N) is 2. The van der Waals surface area contributed by atoms with Gasteiger partial charge in [-0.2, -0.15) is 9.40 Å². The van der Waals surface area contributed by atoms with Crippen LogP contribution in [0.4, 0.5) is 0 Å². The third kappa shape index (κ3) is 4.67. The van der Waals surface area contributed by atoms with Gasteiger partial charge in [-0.3, -0.25) is 15.1 Å². The second-order valence-electron chi connectivity index (χ2n) is 7.54. The van der Waals surface area contributed by atoms with Crippen LogP contribution in [0.1, 0.15) is 25.7 Å². The molecule has 9 nitrogen and oxygen atoms in total. The summed E-state index contributed by atoms with van der Waals surface area (Å²) < 4.78 is 33.4. The number of aromatic nitrogens is 2. The second-order valence-corrected chi connectivity index (χ2v) is 9.43. The number of amides is 1. The summed E-state index contributed by atoms with van der Waals surface area (Å²) in [5, 5.41) is 15.7. The highest BCUT2D eigenvalue weighted by atomic mass is 32.2. The van der Waals surface area contributed by atoms with E-state index in [4.69, 9.17) is 9.94 Å². The van der Waals surface area contributed by atoms with Gasteiger partial charge in [-0.25, -0.2) is 13.9 Å². The van der Waals surface area contributed by atoms with Crippen LogP contribution in [0.3, 0.4) is 0 Å². The number of carbonyl (C=O) groups excluding carboxylic acids is 1. The molecule has 0 unspecified atom stereocenters. The molecule has 1 amide bonds. The Morgan fingerprint density at radius 1 is 1.03 bits per heavy atom. The lowest BCUT2D eigenvalue weighted by molar-refractivity contribution is -0.133. The molecule has 1 aliphatic heterocycles. The number of hydroxylamine groups is 1. The van der Waals surface area contributed by atoms with Crippen LogP contribution < -0.4 is 10.2 Å². The van der Waals surface area contributed by atoms with Crippen molar-refractivity contribution in [2.45, 2.75) is 36.6 Å². The van der Waals surface area contributed by atoms with Crippen molar-refractivity contribution in [3.8, 4) is 22.6 Å². The van der Waals surface area contributed by atoms with Crippen LogP contribution >= 0.6 is 0 Å². The number of hydrogen-bond donors (Lipinski definition) is 3. The first-order valence-corrected chi connectivity index (χ1v) is 11.8. The third-order valence-corrected chi connectivity index (χ3v) is 7.39. The molecule has 0 spiro atoms. The zero-order chi connectivity index (χ0) is 22.6. The summed E-state index contributed by atoms with van der Waals surface area (Å²) in [5.74, 6) is 0.384. The summed E-state index contributed by atoms with van der Waals surface area (Å²) in [4.78, 5) is 12.1. The van der Waals surface area contributed by atoms with Crippen LogP contribution in [0.15, 0.2) is 65.8 Å². The summed E-state index contributed by atoms with van der Waals surface area (Å²) in [6.07, 6.45) is 6.10. The molecule has 10 heteroatoms. The molecule has 1 aliphatic rings. The van der Waals surface area contributed by atoms with Gasteiger partial charge in [0, 0.05) is 18.3 Å². The van der Waals surface area contributed by atoms with E-state index in [1.54, 1.807) is 30.0 Å². The molecule has 168 valence electrons. The van der Waals surface area contributed by atoms with Crippen molar-refractivity contribution >= 4 is 15.9 Å². The Morgan fingerprint density at radius 3 is 2.34 bits per heavy atom. The second kappa shape index (κ2) is 9.51. The van der Waals surface area contributed by atoms with Crippen LogP contribution in [-0.2, 0) is 14.8 Å². The Kier molecular flexibility index (Phi) is 6.54. The summed E-state index contributed by atoms with van der Waals surface area (Å²) in [7, 11) is -3.91. The molecule has 0 bridgehead atoms. The van der Waals surface area contributed by atoms with Crippen LogP contribution in [0.25, 0.3) is 11.1 Å². The maximum Gasteiger partial charge on any atom is 0.261 e. The van der Waals surface area contributed by atoms with Crippen molar-refractivity contribution in [3.05, 3.63) is 60.9 Å². The van der Waals surface area contributed by atoms with Gasteiger partial charge in [-0.1, -0.05) is 25.0 Å². The lowest BCUT2D eigenvalue weighted by atomic mass is 10.1. The Bertz CT molecular complexity index is 1150. The zero-order valence-electron chi connectivity index (χ0n) is 17.3. The number of sulfonamides is 1. The smallest absolute Gasteiger partial charge is 0.261 e. The maximum atomic E-state index is 13.2. The molecule has 0 saturated carbocycles. The molecule has 2 aromatic carbocycles. The Morgan fingerprint density at radius 2 is 1.72 bits per heavy atom. The molecular weight excluding hydrogens is 432 g/mol. The standard InChI is InChI=1S/C22H24N4O5S/c27-22(25-28)21-4-2-1-3-13-26(21)32(29,30)20-11-9-19(10-12-20)31-18-7-5-16(6-8-18)17-14-23-24-15-17/h5-12,14-15,21,28H,1-4,13H2,(H,23,24)(H,25,27)/t21-/m1/s1. The van der Waals surface area contributed by atoms with Crippen molar-refractivity contribution in [2.75, 3.05) is 6.54 Å². The van der Waals surface area contributed by atoms with Crippen molar-refractivity contribution < 1.29 is 23.2 Å². The summed E-state index contributed by atoms with van der Waals surface area (Å²) in [5.41, 5.74) is 3.55. The number of H-pyrrole nitrogens is 1. The minimum absolute atomic E-state index is 0.0674. The number of rotatable bonds is 6. The summed E-state index contributed by atoms with van der Waals surface area (Å²) >= 11 is 0. The largest absolute Gasteiger partial charge is 0.457 e. The quantitative estimate of drug-likeness (QED) is 0.386. The number of benzene rings is 2. The number of ether oxygens (including phenoxy) is 1. The molecular formula is C22H24N4O5S. The molecule has 1 atom stereocenters. The number of carbonyl (C=O) groups is 1. The monoisotopic (exact) mass is 456 g/mol. The van der Waals surface area contributed by atoms with E-state index >= 15 is 0 Å². The molecule has 32 heavy (non-hydrogen) atoms. The highest BCUT2D eigenvalue weighted by Gasteiger charge is 2.36. The highest BCUT2D eigenvalue weighted by molar-refractivity contribution is 7.89. The molecule has 1 aromatic heterocycles. The number of nitrogens with one attached hydrogen (secondary N) is 2. The van der Waals surface area contributed by atoms with E-state index < -0.39 is 22.0 Å². The van der Waals surface area contributed by atoms with E-state index in [0.717, 1.165) is 24.0 Å². The van der Waals surface area contributed by atoms with Crippen molar-refractivity contribution in [3.63, 3.8) is 0 Å². The van der Waals surface area contributed by atoms with Gasteiger partial charge < -0.3 is 4.74 Å². The van der Waals surface area contributed by atoms with Gasteiger partial charge in [-0.05, 0) is 54.8 Å². The van der Waals surface area contributed by atoms with E-state index in [-0.39, 0.29) is 11.4 Å². The minimum Gasteiger partial charge on any atom is -0.457 e. The van der Waals surface area contributed by atoms with E-state index in [1.165, 1.54) is 16.4 Å². The Hall–Kier alpha value is -3.21. The van der Waals surface area contributed by atoms with Gasteiger partial charge >= 0.3 is 0 Å². The predicted octanol–water partition coefficient (Wildman–Crippen LogP) is 3.31. The Labute approximate surface area is 186 Å². The van der Waals surface area contributed by atoms with Crippen LogP contribution in [0, 0.1) is 0 Å². The molecule has 1 fully saturated rings. The van der Waals surface area contributed by atoms with Crippen LogP contribution in [0.5, 0.6) is 11.5 Å². The molecule has 3 aromatic rings. The molecule has 0 aliphatic carbocycles. The average Bonchev–Trinajstić information content (AvgIpc) is 3.23. The zero-order valence-corrected chi connectivity index (χ0v) is 18.1. The molecule has 0 radical (unpaired) electrons. The van der Waals surface area contributed by atoms with E-state index in [1.807, 2.05) is 24.3 Å². The van der Waals surface area contributed by atoms with Gasteiger partial charge in [0.25, 0.3) is 5.91 Å². The molecule has 3 N–H and O–H groups in total. The van der Waals surface area contributed by atoms with Crippen LogP contribution in [-0.4, -0.2) is 46.6 Å². The van der Waals surface area contributed by atoms with Crippen LogP contribution in [0.2, 0.25) is 0 Å². The van der Waals surface area contributed by atoms with Gasteiger partial charge in [0.05, 0.1) is 11.1 Å². The van der Waals surface area contributed by atoms with Gasteiger partial charge in [0.15, 0.2) is 0 Å². The normalized spacial score (nSPS) is 17.5. The fourth-order valence-electron chi connectivity index (χ4n) is 3.78. The lowest BCUT2D eigenvalue weighted by Gasteiger charge is -2.27. The summed E-state index contributed by atoms with van der Waals surface area (Å²) in [6, 6.07) is 12.6. The van der Waals surface area contributed by atoms with E-state index in [2.05, 4.69) is 10.2 Å². The first-order valence-electron chi connectivity index (χ1n) is 10.3. The lowest BCUT2D eigenvalue weighted by Crippen LogP contribution is -2.48. The van der Waals surface area contributed by atoms with Gasteiger partial charge in [0.1, 0.15) is 17.5 Å². The SMILES string of the molecule is O=C(NO)[C@H]1CCCCCN1S(=O)(=O)c1ccc(Oc2ccc(-c3cn[nH]c3)cc2)cc1. The van der Waals surface area contributed by atoms with Gasteiger partial charge in [-0.15, -0.1) is 0 Å². The topological polar surface area (TPSA) is 125 Å². The van der Waals surface area contributed by atoms with E-state index in [0.29, 0.717) is 24.3 Å². The number of aromatic amines is 1. The average molecular weight is 457 g/mol. The first kappa shape index (κ1) is 22.0. The summed E-state index contributed by atoms with van der Waals surface area (Å²) in [6.45, 7) is 0.224. The van der Waals surface area contributed by atoms with Crippen molar-refractivity contribution in [2.24, 2.45) is 0 Å². The fourth-order valence-corrected chi connectivity index (χ4v) is 5.44.